The van der Waals surface area contributed by atoms with E-state index < -0.39 is 5.91 Å². The number of aromatic nitrogens is 3. The SMILES string of the molecule is Cc1ccc(-n2nc(C(=O)Nc3ccc(Cl)c(Cl)c3)nc2-c2cccc(Cl)c2)cc1Cl. The molecular weight excluding hydrogens is 478 g/mol. The maximum Gasteiger partial charge on any atom is 0.295 e. The Hall–Kier alpha value is -2.57. The lowest BCUT2D eigenvalue weighted by Gasteiger charge is -2.08. The summed E-state index contributed by atoms with van der Waals surface area (Å²) < 4.78 is 1.56. The van der Waals surface area contributed by atoms with Crippen molar-refractivity contribution in [3.05, 3.63) is 92.1 Å². The molecule has 0 aliphatic rings. The first-order valence-corrected chi connectivity index (χ1v) is 10.6. The highest BCUT2D eigenvalue weighted by Gasteiger charge is 2.20. The van der Waals surface area contributed by atoms with Gasteiger partial charge in [-0.1, -0.05) is 64.6 Å². The van der Waals surface area contributed by atoms with Crippen LogP contribution in [0, 0.1) is 6.92 Å². The molecule has 0 radical (unpaired) electrons. The molecule has 1 heterocycles. The Bertz CT molecular complexity index is 1300. The number of halogens is 4. The van der Waals surface area contributed by atoms with Gasteiger partial charge < -0.3 is 5.32 Å². The van der Waals surface area contributed by atoms with Gasteiger partial charge in [0, 0.05) is 21.3 Å². The summed E-state index contributed by atoms with van der Waals surface area (Å²) in [5.74, 6) is -0.0851. The van der Waals surface area contributed by atoms with E-state index in [4.69, 9.17) is 46.4 Å². The van der Waals surface area contributed by atoms with E-state index in [1.54, 1.807) is 47.1 Å². The molecule has 1 N–H and O–H groups in total. The summed E-state index contributed by atoms with van der Waals surface area (Å²) in [4.78, 5) is 17.3. The number of nitrogens with zero attached hydrogens (tertiary/aromatic N) is 3. The molecule has 4 aromatic rings. The van der Waals surface area contributed by atoms with Crippen LogP contribution >= 0.6 is 46.4 Å². The number of nitrogens with one attached hydrogen (secondary N) is 1. The van der Waals surface area contributed by atoms with Crippen LogP contribution in [0.15, 0.2) is 60.7 Å². The number of amides is 1. The molecule has 4 rings (SSSR count). The van der Waals surface area contributed by atoms with Gasteiger partial charge in [-0.05, 0) is 55.0 Å². The highest BCUT2D eigenvalue weighted by atomic mass is 35.5. The van der Waals surface area contributed by atoms with Crippen molar-refractivity contribution < 1.29 is 4.79 Å². The number of carbonyl (C=O) groups excluding carboxylic acids is 1. The third kappa shape index (κ3) is 4.70. The van der Waals surface area contributed by atoms with Crippen molar-refractivity contribution in [1.29, 1.82) is 0 Å². The molecule has 5 nitrogen and oxygen atoms in total. The van der Waals surface area contributed by atoms with Crippen LogP contribution in [0.3, 0.4) is 0 Å². The van der Waals surface area contributed by atoms with Crippen LogP contribution in [0.4, 0.5) is 5.69 Å². The molecule has 0 saturated carbocycles. The van der Waals surface area contributed by atoms with Gasteiger partial charge in [0.25, 0.3) is 5.91 Å². The van der Waals surface area contributed by atoms with Crippen molar-refractivity contribution in [2.45, 2.75) is 6.92 Å². The fraction of sp³-hybridized carbons (Fsp3) is 0.0455. The van der Waals surface area contributed by atoms with Crippen LogP contribution in [-0.4, -0.2) is 20.7 Å². The Morgan fingerprint density at radius 3 is 2.42 bits per heavy atom. The molecular formula is C22H14Cl4N4O. The van der Waals surface area contributed by atoms with E-state index in [1.165, 1.54) is 0 Å². The van der Waals surface area contributed by atoms with Gasteiger partial charge in [0.05, 0.1) is 15.7 Å². The van der Waals surface area contributed by atoms with Crippen molar-refractivity contribution >= 4 is 58.0 Å². The van der Waals surface area contributed by atoms with Crippen molar-refractivity contribution in [2.75, 3.05) is 5.32 Å². The molecule has 1 aromatic heterocycles. The number of aryl methyl sites for hydroxylation is 1. The highest BCUT2D eigenvalue weighted by Crippen LogP contribution is 2.28. The first kappa shape index (κ1) is 21.7. The molecule has 31 heavy (non-hydrogen) atoms. The molecule has 0 saturated heterocycles. The smallest absolute Gasteiger partial charge is 0.295 e. The number of benzene rings is 3. The third-order valence-electron chi connectivity index (χ3n) is 4.47. The lowest BCUT2D eigenvalue weighted by Crippen LogP contribution is -2.14. The second-order valence-electron chi connectivity index (χ2n) is 6.70. The van der Waals surface area contributed by atoms with E-state index >= 15 is 0 Å². The van der Waals surface area contributed by atoms with Crippen LogP contribution in [0.2, 0.25) is 20.1 Å². The topological polar surface area (TPSA) is 59.8 Å². The van der Waals surface area contributed by atoms with E-state index in [9.17, 15) is 4.79 Å². The molecule has 0 bridgehead atoms. The average molecular weight is 492 g/mol. The zero-order chi connectivity index (χ0) is 22.1. The van der Waals surface area contributed by atoms with Crippen molar-refractivity contribution in [1.82, 2.24) is 14.8 Å². The van der Waals surface area contributed by atoms with Crippen LogP contribution < -0.4 is 5.32 Å². The molecule has 1 amide bonds. The van der Waals surface area contributed by atoms with E-state index in [2.05, 4.69) is 15.4 Å². The number of anilines is 1. The number of rotatable bonds is 4. The Morgan fingerprint density at radius 2 is 1.71 bits per heavy atom. The number of hydrogen-bond donors (Lipinski definition) is 1. The van der Waals surface area contributed by atoms with Gasteiger partial charge in [0.2, 0.25) is 5.82 Å². The largest absolute Gasteiger partial charge is 0.319 e. The van der Waals surface area contributed by atoms with Crippen LogP contribution in [0.5, 0.6) is 0 Å². The molecule has 0 aliphatic carbocycles. The lowest BCUT2D eigenvalue weighted by molar-refractivity contribution is 0.101. The highest BCUT2D eigenvalue weighted by molar-refractivity contribution is 6.42. The minimum Gasteiger partial charge on any atom is -0.319 e. The molecule has 0 aliphatic heterocycles. The fourth-order valence-corrected chi connectivity index (χ4v) is 3.54. The zero-order valence-corrected chi connectivity index (χ0v) is 19.1. The third-order valence-corrected chi connectivity index (χ3v) is 5.85. The zero-order valence-electron chi connectivity index (χ0n) is 16.0. The van der Waals surface area contributed by atoms with Gasteiger partial charge in [-0.2, -0.15) is 0 Å². The van der Waals surface area contributed by atoms with Gasteiger partial charge in [0.15, 0.2) is 5.82 Å². The number of hydrogen-bond acceptors (Lipinski definition) is 3. The van der Waals surface area contributed by atoms with Crippen LogP contribution in [0.25, 0.3) is 17.1 Å². The molecule has 0 fully saturated rings. The van der Waals surface area contributed by atoms with Crippen LogP contribution in [-0.2, 0) is 0 Å². The first-order valence-electron chi connectivity index (χ1n) is 9.08. The minimum atomic E-state index is -0.501. The van der Waals surface area contributed by atoms with Crippen molar-refractivity contribution in [3.8, 4) is 17.1 Å². The quantitative estimate of drug-likeness (QED) is 0.331. The predicted molar refractivity (Wildman–Crippen MR) is 126 cm³/mol. The summed E-state index contributed by atoms with van der Waals surface area (Å²) in [6, 6.07) is 17.4. The summed E-state index contributed by atoms with van der Waals surface area (Å²) >= 11 is 24.4. The minimum absolute atomic E-state index is 0.0299. The first-order chi connectivity index (χ1) is 14.8. The van der Waals surface area contributed by atoms with Gasteiger partial charge in [-0.3, -0.25) is 4.79 Å². The average Bonchev–Trinajstić information content (AvgIpc) is 3.18. The molecule has 3 aromatic carbocycles. The maximum atomic E-state index is 12.8. The second kappa shape index (κ2) is 8.89. The normalized spacial score (nSPS) is 10.9. The van der Waals surface area contributed by atoms with Gasteiger partial charge >= 0.3 is 0 Å². The van der Waals surface area contributed by atoms with E-state index in [0.29, 0.717) is 42.9 Å². The Morgan fingerprint density at radius 1 is 0.903 bits per heavy atom. The monoisotopic (exact) mass is 490 g/mol. The van der Waals surface area contributed by atoms with Gasteiger partial charge in [0.1, 0.15) is 0 Å². The van der Waals surface area contributed by atoms with E-state index in [-0.39, 0.29) is 5.82 Å². The molecule has 0 spiro atoms. The fourth-order valence-electron chi connectivity index (χ4n) is 2.88. The Balaban J connectivity index is 1.77. The standard InChI is InChI=1S/C22H14Cl4N4O/c1-12-5-7-16(11-18(12)25)30-21(13-3-2-4-14(23)9-13)28-20(29-30)22(31)27-15-6-8-17(24)19(26)10-15/h2-11H,1H3,(H,27,31). The second-order valence-corrected chi connectivity index (χ2v) is 8.36. The van der Waals surface area contributed by atoms with Crippen molar-refractivity contribution in [2.24, 2.45) is 0 Å². The summed E-state index contributed by atoms with van der Waals surface area (Å²) in [5.41, 5.74) is 2.75. The molecule has 9 heteroatoms. The Kier molecular flexibility index (Phi) is 6.21. The summed E-state index contributed by atoms with van der Waals surface area (Å²) in [5, 5.41) is 8.98. The number of carbonyl (C=O) groups is 1. The molecule has 0 atom stereocenters. The van der Waals surface area contributed by atoms with Gasteiger partial charge in [-0.25, -0.2) is 9.67 Å². The summed E-state index contributed by atoms with van der Waals surface area (Å²) in [6.07, 6.45) is 0. The van der Waals surface area contributed by atoms with E-state index in [1.807, 2.05) is 25.1 Å². The summed E-state index contributed by atoms with van der Waals surface area (Å²) in [6.45, 7) is 1.90. The van der Waals surface area contributed by atoms with Crippen molar-refractivity contribution in [3.63, 3.8) is 0 Å². The predicted octanol–water partition coefficient (Wildman–Crippen LogP) is 7.11. The van der Waals surface area contributed by atoms with E-state index in [0.717, 1.165) is 5.56 Å². The van der Waals surface area contributed by atoms with Crippen LogP contribution in [0.1, 0.15) is 16.2 Å². The molecule has 0 unspecified atom stereocenters. The van der Waals surface area contributed by atoms with Gasteiger partial charge in [-0.15, -0.1) is 5.10 Å². The Labute approximate surface area is 198 Å². The molecule has 156 valence electrons. The maximum absolute atomic E-state index is 12.8. The lowest BCUT2D eigenvalue weighted by atomic mass is 10.2. The summed E-state index contributed by atoms with van der Waals surface area (Å²) in [7, 11) is 0.